The largest absolute Gasteiger partial charge is 0.491 e. The molecule has 1 aliphatic heterocycles. The quantitative estimate of drug-likeness (QED) is 0.608. The summed E-state index contributed by atoms with van der Waals surface area (Å²) in [5.41, 5.74) is 2.09. The second kappa shape index (κ2) is 8.53. The lowest BCUT2D eigenvalue weighted by Crippen LogP contribution is -2.43. The third-order valence-electron chi connectivity index (χ3n) is 3.76. The lowest BCUT2D eigenvalue weighted by Gasteiger charge is -2.13. The van der Waals surface area contributed by atoms with Gasteiger partial charge in [-0.1, -0.05) is 18.2 Å². The van der Waals surface area contributed by atoms with Gasteiger partial charge in [-0.15, -0.1) is 0 Å². The van der Waals surface area contributed by atoms with Crippen LogP contribution in [0.2, 0.25) is 0 Å². The van der Waals surface area contributed by atoms with Crippen molar-refractivity contribution in [2.24, 2.45) is 0 Å². The summed E-state index contributed by atoms with van der Waals surface area (Å²) in [4.78, 5) is 23.3. The predicted octanol–water partition coefficient (Wildman–Crippen LogP) is 1.09. The first-order valence-corrected chi connectivity index (χ1v) is 7.94. The molecule has 0 bridgehead atoms. The van der Waals surface area contributed by atoms with E-state index in [2.05, 4.69) is 10.6 Å². The van der Waals surface area contributed by atoms with Crippen LogP contribution in [0.3, 0.4) is 0 Å². The maximum absolute atomic E-state index is 11.7. The van der Waals surface area contributed by atoms with E-state index in [4.69, 9.17) is 9.47 Å². The van der Waals surface area contributed by atoms with Crippen LogP contribution in [-0.4, -0.2) is 44.2 Å². The van der Waals surface area contributed by atoms with E-state index < -0.39 is 11.8 Å². The highest BCUT2D eigenvalue weighted by Crippen LogP contribution is 2.21. The van der Waals surface area contributed by atoms with Crippen molar-refractivity contribution in [2.75, 3.05) is 26.3 Å². The first kappa shape index (κ1) is 17.3. The molecule has 0 aliphatic carbocycles. The van der Waals surface area contributed by atoms with E-state index >= 15 is 0 Å². The Morgan fingerprint density at radius 3 is 2.57 bits per heavy atom. The van der Waals surface area contributed by atoms with Crippen LogP contribution >= 0.6 is 0 Å². The van der Waals surface area contributed by atoms with Crippen molar-refractivity contribution in [2.45, 2.75) is 32.8 Å². The smallest absolute Gasteiger partial charge is 0.309 e. The van der Waals surface area contributed by atoms with E-state index in [0.29, 0.717) is 13.2 Å². The Hall–Kier alpha value is -2.08. The second-order valence-corrected chi connectivity index (χ2v) is 5.67. The predicted molar refractivity (Wildman–Crippen MR) is 86.4 cm³/mol. The van der Waals surface area contributed by atoms with Crippen LogP contribution in [0, 0.1) is 13.8 Å². The maximum atomic E-state index is 11.7. The Morgan fingerprint density at radius 1 is 1.22 bits per heavy atom. The van der Waals surface area contributed by atoms with Crippen molar-refractivity contribution >= 4 is 11.8 Å². The number of rotatable bonds is 6. The number of ether oxygens (including phenoxy) is 2. The van der Waals surface area contributed by atoms with Gasteiger partial charge in [0.2, 0.25) is 0 Å². The van der Waals surface area contributed by atoms with Crippen molar-refractivity contribution in [3.8, 4) is 5.75 Å². The number of amides is 2. The molecule has 1 fully saturated rings. The van der Waals surface area contributed by atoms with E-state index in [1.54, 1.807) is 0 Å². The van der Waals surface area contributed by atoms with Crippen LogP contribution in [0.1, 0.15) is 24.0 Å². The topological polar surface area (TPSA) is 76.7 Å². The standard InChI is InChI=1S/C17H24N2O4/c1-12-5-3-6-13(2)15(12)23-10-8-18-16(20)17(21)19-11-14-7-4-9-22-14/h3,5-6,14H,4,7-11H2,1-2H3,(H,18,20)(H,19,21)/t14-/m0/s1. The Labute approximate surface area is 136 Å². The van der Waals surface area contributed by atoms with Gasteiger partial charge >= 0.3 is 11.8 Å². The summed E-state index contributed by atoms with van der Waals surface area (Å²) in [7, 11) is 0. The molecule has 2 N–H and O–H groups in total. The second-order valence-electron chi connectivity index (χ2n) is 5.67. The Morgan fingerprint density at radius 2 is 1.91 bits per heavy atom. The monoisotopic (exact) mass is 320 g/mol. The molecule has 126 valence electrons. The molecule has 0 radical (unpaired) electrons. The number of hydrogen-bond donors (Lipinski definition) is 2. The summed E-state index contributed by atoms with van der Waals surface area (Å²) < 4.78 is 11.1. The van der Waals surface area contributed by atoms with Gasteiger partial charge in [0.25, 0.3) is 0 Å². The molecule has 0 aromatic heterocycles. The molecular formula is C17H24N2O4. The molecule has 0 unspecified atom stereocenters. The molecule has 6 nitrogen and oxygen atoms in total. The molecule has 1 aliphatic rings. The molecule has 1 aromatic carbocycles. The molecule has 23 heavy (non-hydrogen) atoms. The van der Waals surface area contributed by atoms with Crippen LogP contribution in [0.15, 0.2) is 18.2 Å². The molecular weight excluding hydrogens is 296 g/mol. The van der Waals surface area contributed by atoms with Crippen LogP contribution in [-0.2, 0) is 14.3 Å². The number of aryl methyl sites for hydroxylation is 2. The van der Waals surface area contributed by atoms with E-state index in [9.17, 15) is 9.59 Å². The van der Waals surface area contributed by atoms with Crippen LogP contribution in [0.5, 0.6) is 5.75 Å². The molecule has 1 heterocycles. The van der Waals surface area contributed by atoms with E-state index in [1.165, 1.54) is 0 Å². The average Bonchev–Trinajstić information content (AvgIpc) is 3.04. The fourth-order valence-electron chi connectivity index (χ4n) is 2.52. The fraction of sp³-hybridized carbons (Fsp3) is 0.529. The zero-order chi connectivity index (χ0) is 16.7. The lowest BCUT2D eigenvalue weighted by atomic mass is 10.1. The molecule has 0 saturated carbocycles. The lowest BCUT2D eigenvalue weighted by molar-refractivity contribution is -0.139. The normalized spacial score (nSPS) is 16.9. The van der Waals surface area contributed by atoms with Crippen molar-refractivity contribution in [1.29, 1.82) is 0 Å². The number of hydrogen-bond acceptors (Lipinski definition) is 4. The summed E-state index contributed by atoms with van der Waals surface area (Å²) in [5.74, 6) is -0.453. The van der Waals surface area contributed by atoms with Gasteiger partial charge in [-0.2, -0.15) is 0 Å². The van der Waals surface area contributed by atoms with Gasteiger partial charge < -0.3 is 20.1 Å². The first-order chi connectivity index (χ1) is 11.1. The Kier molecular flexibility index (Phi) is 6.40. The number of benzene rings is 1. The number of carbonyl (C=O) groups excluding carboxylic acids is 2. The molecule has 1 aromatic rings. The summed E-state index contributed by atoms with van der Waals surface area (Å²) in [6.07, 6.45) is 1.95. The summed E-state index contributed by atoms with van der Waals surface area (Å²) >= 11 is 0. The Balaban J connectivity index is 1.65. The van der Waals surface area contributed by atoms with Gasteiger partial charge in [0.1, 0.15) is 12.4 Å². The molecule has 1 atom stereocenters. The summed E-state index contributed by atoms with van der Waals surface area (Å²) in [6, 6.07) is 5.91. The molecule has 2 amide bonds. The highest BCUT2D eigenvalue weighted by molar-refractivity contribution is 6.35. The Bertz CT molecular complexity index is 533. The number of para-hydroxylation sites is 1. The van der Waals surface area contributed by atoms with Crippen LogP contribution < -0.4 is 15.4 Å². The van der Waals surface area contributed by atoms with Gasteiger partial charge in [-0.05, 0) is 37.8 Å². The number of nitrogens with one attached hydrogen (secondary N) is 2. The molecule has 2 rings (SSSR count). The summed E-state index contributed by atoms with van der Waals surface area (Å²) in [5, 5.41) is 5.13. The third-order valence-corrected chi connectivity index (χ3v) is 3.76. The minimum atomic E-state index is -0.645. The molecule has 6 heteroatoms. The highest BCUT2D eigenvalue weighted by atomic mass is 16.5. The number of carbonyl (C=O) groups is 2. The molecule has 0 spiro atoms. The highest BCUT2D eigenvalue weighted by Gasteiger charge is 2.19. The van der Waals surface area contributed by atoms with Crippen molar-refractivity contribution in [3.05, 3.63) is 29.3 Å². The first-order valence-electron chi connectivity index (χ1n) is 7.94. The fourth-order valence-corrected chi connectivity index (χ4v) is 2.52. The van der Waals surface area contributed by atoms with Crippen molar-refractivity contribution < 1.29 is 19.1 Å². The van der Waals surface area contributed by atoms with Crippen LogP contribution in [0.4, 0.5) is 0 Å². The minimum absolute atomic E-state index is 0.0270. The average molecular weight is 320 g/mol. The van der Waals surface area contributed by atoms with Crippen LogP contribution in [0.25, 0.3) is 0 Å². The zero-order valence-electron chi connectivity index (χ0n) is 13.7. The van der Waals surface area contributed by atoms with Gasteiger partial charge in [-0.3, -0.25) is 9.59 Å². The SMILES string of the molecule is Cc1cccc(C)c1OCCNC(=O)C(=O)NC[C@@H]1CCCO1. The van der Waals surface area contributed by atoms with Gasteiger partial charge in [0, 0.05) is 13.2 Å². The van der Waals surface area contributed by atoms with E-state index in [0.717, 1.165) is 36.3 Å². The van der Waals surface area contributed by atoms with E-state index in [1.807, 2.05) is 32.0 Å². The molecule has 1 saturated heterocycles. The maximum Gasteiger partial charge on any atom is 0.309 e. The van der Waals surface area contributed by atoms with Crippen molar-refractivity contribution in [3.63, 3.8) is 0 Å². The van der Waals surface area contributed by atoms with Gasteiger partial charge in [0.15, 0.2) is 0 Å². The minimum Gasteiger partial charge on any atom is -0.491 e. The summed E-state index contributed by atoms with van der Waals surface area (Å²) in [6.45, 7) is 5.64. The van der Waals surface area contributed by atoms with Crippen molar-refractivity contribution in [1.82, 2.24) is 10.6 Å². The third kappa shape index (κ3) is 5.25. The van der Waals surface area contributed by atoms with Gasteiger partial charge in [0.05, 0.1) is 12.6 Å². The van der Waals surface area contributed by atoms with Gasteiger partial charge in [-0.25, -0.2) is 0 Å². The zero-order valence-corrected chi connectivity index (χ0v) is 13.7. The van der Waals surface area contributed by atoms with E-state index in [-0.39, 0.29) is 12.6 Å².